The molecule has 8 heteroatoms. The molecular weight excluding hydrogens is 298 g/mol. The Morgan fingerprint density at radius 1 is 1.52 bits per heavy atom. The number of hydrogen-bond acceptors (Lipinski definition) is 5. The lowest BCUT2D eigenvalue weighted by atomic mass is 9.64. The monoisotopic (exact) mass is 312 g/mol. The first-order valence-electron chi connectivity index (χ1n) is 6.34. The van der Waals surface area contributed by atoms with Crippen molar-refractivity contribution in [2.24, 2.45) is 0 Å². The van der Waals surface area contributed by atoms with E-state index in [-0.39, 0.29) is 24.4 Å². The number of benzene rings is 1. The zero-order valence-electron chi connectivity index (χ0n) is 11.3. The maximum absolute atomic E-state index is 13.6. The number of halogens is 1. The highest BCUT2D eigenvalue weighted by molar-refractivity contribution is 7.99. The molecule has 1 aromatic carbocycles. The molecule has 0 fully saturated rings. The van der Waals surface area contributed by atoms with Gasteiger partial charge in [-0.05, 0) is 24.3 Å². The second kappa shape index (κ2) is 6.49. The van der Waals surface area contributed by atoms with E-state index >= 15 is 0 Å². The topological polar surface area (TPSA) is 83.8 Å². The predicted molar refractivity (Wildman–Crippen MR) is 77.4 cm³/mol. The summed E-state index contributed by atoms with van der Waals surface area (Å²) >= 11 is 1.39. The summed E-state index contributed by atoms with van der Waals surface area (Å²) in [5.41, 5.74) is -0.0958. The van der Waals surface area contributed by atoms with Crippen molar-refractivity contribution < 1.29 is 28.8 Å². The van der Waals surface area contributed by atoms with Crippen LogP contribution >= 0.6 is 11.8 Å². The van der Waals surface area contributed by atoms with E-state index in [1.807, 2.05) is 6.26 Å². The molecule has 0 unspecified atom stereocenters. The average Bonchev–Trinajstić information content (AvgIpc) is 2.39. The van der Waals surface area contributed by atoms with Crippen molar-refractivity contribution in [3.8, 4) is 5.75 Å². The Morgan fingerprint density at radius 3 is 2.86 bits per heavy atom. The molecule has 0 spiro atoms. The summed E-state index contributed by atoms with van der Waals surface area (Å²) in [4.78, 5) is 22.7. The van der Waals surface area contributed by atoms with Gasteiger partial charge in [0, 0.05) is 12.2 Å². The van der Waals surface area contributed by atoms with E-state index in [4.69, 9.17) is 9.76 Å². The SMILES string of the molecule is CSCC(=O)C[C@H]1Cc2ccc(F)c(C(=O)O)c2OB1O. The van der Waals surface area contributed by atoms with Crippen molar-refractivity contribution in [2.45, 2.75) is 18.7 Å². The maximum atomic E-state index is 13.6. The number of hydrogen-bond donors (Lipinski definition) is 2. The standard InChI is InChI=1S/C13H14BFO5S/c1-21-6-9(16)5-8-4-7-2-3-10(15)11(13(17)18)12(7)20-14(8)19/h2-3,8,19H,4-6H2,1H3,(H,17,18)/t8-/m1/s1. The number of carboxylic acid groups (broad SMARTS) is 1. The molecule has 0 bridgehead atoms. The lowest BCUT2D eigenvalue weighted by Gasteiger charge is -2.28. The number of carbonyl (C=O) groups is 2. The van der Waals surface area contributed by atoms with Crippen molar-refractivity contribution in [2.75, 3.05) is 12.0 Å². The van der Waals surface area contributed by atoms with Crippen molar-refractivity contribution in [3.63, 3.8) is 0 Å². The van der Waals surface area contributed by atoms with Gasteiger partial charge in [-0.15, -0.1) is 0 Å². The van der Waals surface area contributed by atoms with Gasteiger partial charge in [0.25, 0.3) is 0 Å². The van der Waals surface area contributed by atoms with Gasteiger partial charge in [-0.25, -0.2) is 9.18 Å². The van der Waals surface area contributed by atoms with Crippen molar-refractivity contribution in [1.29, 1.82) is 0 Å². The second-order valence-electron chi connectivity index (χ2n) is 4.86. The normalized spacial score (nSPS) is 17.1. The Hall–Kier alpha value is -1.54. The Balaban J connectivity index is 2.26. The van der Waals surface area contributed by atoms with E-state index in [0.29, 0.717) is 11.3 Å². The van der Waals surface area contributed by atoms with Crippen LogP contribution in [0.1, 0.15) is 22.3 Å². The van der Waals surface area contributed by atoms with Gasteiger partial charge < -0.3 is 14.8 Å². The van der Waals surface area contributed by atoms with Gasteiger partial charge in [-0.2, -0.15) is 11.8 Å². The van der Waals surface area contributed by atoms with E-state index in [0.717, 1.165) is 6.07 Å². The smallest absolute Gasteiger partial charge is 0.526 e. The first-order chi connectivity index (χ1) is 9.93. The summed E-state index contributed by atoms with van der Waals surface area (Å²) in [6.07, 6.45) is 2.22. The summed E-state index contributed by atoms with van der Waals surface area (Å²) in [5, 5.41) is 19.0. The Labute approximate surface area is 125 Å². The molecule has 0 aliphatic carbocycles. The number of carbonyl (C=O) groups excluding carboxylic acids is 1. The van der Waals surface area contributed by atoms with Gasteiger partial charge in [0.15, 0.2) is 0 Å². The number of aromatic carboxylic acids is 1. The minimum atomic E-state index is -1.45. The molecule has 2 rings (SSSR count). The minimum absolute atomic E-state index is 0.0147. The van der Waals surface area contributed by atoms with Crippen LogP contribution in [0.4, 0.5) is 4.39 Å². The lowest BCUT2D eigenvalue weighted by molar-refractivity contribution is -0.116. The van der Waals surface area contributed by atoms with Crippen LogP contribution in [0.2, 0.25) is 5.82 Å². The number of ketones is 1. The fourth-order valence-electron chi connectivity index (χ4n) is 2.38. The molecule has 5 nitrogen and oxygen atoms in total. The van der Waals surface area contributed by atoms with Crippen LogP contribution in [0, 0.1) is 5.82 Å². The van der Waals surface area contributed by atoms with Crippen molar-refractivity contribution >= 4 is 30.6 Å². The third-order valence-corrected chi connectivity index (χ3v) is 3.93. The molecule has 21 heavy (non-hydrogen) atoms. The van der Waals surface area contributed by atoms with Crippen LogP contribution in [0.15, 0.2) is 12.1 Å². The number of rotatable bonds is 5. The van der Waals surface area contributed by atoms with Gasteiger partial charge in [0.1, 0.15) is 22.9 Å². The molecule has 2 N–H and O–H groups in total. The summed E-state index contributed by atoms with van der Waals surface area (Å²) in [5.74, 6) is -2.63. The number of fused-ring (bicyclic) bond motifs is 1. The summed E-state index contributed by atoms with van der Waals surface area (Å²) in [7, 11) is -1.32. The van der Waals surface area contributed by atoms with Crippen LogP contribution in [0.3, 0.4) is 0 Å². The second-order valence-corrected chi connectivity index (χ2v) is 5.73. The molecule has 1 aliphatic rings. The predicted octanol–water partition coefficient (Wildman–Crippen LogP) is 1.63. The molecule has 0 aromatic heterocycles. The fraction of sp³-hybridized carbons (Fsp3) is 0.385. The molecule has 1 atom stereocenters. The first kappa shape index (κ1) is 15.8. The van der Waals surface area contributed by atoms with Gasteiger partial charge in [-0.1, -0.05) is 6.07 Å². The van der Waals surface area contributed by atoms with Crippen LogP contribution in [-0.2, 0) is 11.2 Å². The highest BCUT2D eigenvalue weighted by Gasteiger charge is 2.38. The maximum Gasteiger partial charge on any atom is 0.526 e. The molecule has 0 radical (unpaired) electrons. The van der Waals surface area contributed by atoms with Crippen LogP contribution in [0.25, 0.3) is 0 Å². The van der Waals surface area contributed by atoms with Gasteiger partial charge in [-0.3, -0.25) is 4.79 Å². The van der Waals surface area contributed by atoms with E-state index in [9.17, 15) is 19.0 Å². The largest absolute Gasteiger partial charge is 0.535 e. The Kier molecular flexibility index (Phi) is 4.90. The van der Waals surface area contributed by atoms with Crippen molar-refractivity contribution in [1.82, 2.24) is 0 Å². The molecular formula is C13H14BFO5S. The fourth-order valence-corrected chi connectivity index (χ4v) is 2.82. The number of carboxylic acids is 1. The van der Waals surface area contributed by atoms with Crippen molar-refractivity contribution in [3.05, 3.63) is 29.1 Å². The van der Waals surface area contributed by atoms with E-state index in [2.05, 4.69) is 0 Å². The zero-order valence-corrected chi connectivity index (χ0v) is 12.2. The van der Waals surface area contributed by atoms with E-state index < -0.39 is 30.3 Å². The molecule has 1 aliphatic heterocycles. The highest BCUT2D eigenvalue weighted by atomic mass is 32.2. The summed E-state index contributed by atoms with van der Waals surface area (Å²) in [6.45, 7) is 0. The third kappa shape index (κ3) is 3.38. The zero-order chi connectivity index (χ0) is 15.6. The number of thioether (sulfide) groups is 1. The molecule has 0 saturated carbocycles. The summed E-state index contributed by atoms with van der Waals surface area (Å²) < 4.78 is 18.7. The Bertz CT molecular complexity index is 580. The average molecular weight is 312 g/mol. The van der Waals surface area contributed by atoms with E-state index in [1.54, 1.807) is 0 Å². The quantitative estimate of drug-likeness (QED) is 0.804. The highest BCUT2D eigenvalue weighted by Crippen LogP contribution is 2.37. The summed E-state index contributed by atoms with van der Waals surface area (Å²) in [6, 6.07) is 2.49. The molecule has 1 heterocycles. The molecule has 1 aromatic rings. The van der Waals surface area contributed by atoms with E-state index in [1.165, 1.54) is 17.8 Å². The van der Waals surface area contributed by atoms with Crippen LogP contribution < -0.4 is 4.65 Å². The number of Topliss-reactive ketones (excluding diaryl/α,β-unsaturated/α-hetero) is 1. The third-order valence-electron chi connectivity index (χ3n) is 3.32. The molecule has 112 valence electrons. The van der Waals surface area contributed by atoms with Gasteiger partial charge in [0.2, 0.25) is 0 Å². The lowest BCUT2D eigenvalue weighted by Crippen LogP contribution is -2.36. The van der Waals surface area contributed by atoms with Crippen LogP contribution in [-0.4, -0.2) is 41.0 Å². The molecule has 0 amide bonds. The van der Waals surface area contributed by atoms with Gasteiger partial charge in [0.05, 0.1) is 5.75 Å². The Morgan fingerprint density at radius 2 is 2.24 bits per heavy atom. The van der Waals surface area contributed by atoms with Crippen LogP contribution in [0.5, 0.6) is 5.75 Å². The molecule has 0 saturated heterocycles. The van der Waals surface area contributed by atoms with Gasteiger partial charge >= 0.3 is 13.1 Å². The minimum Gasteiger partial charge on any atom is -0.535 e. The first-order valence-corrected chi connectivity index (χ1v) is 7.73.